The van der Waals surface area contributed by atoms with E-state index in [1.165, 1.54) is 29.7 Å². The summed E-state index contributed by atoms with van der Waals surface area (Å²) in [7, 11) is 0. The minimum atomic E-state index is 0.256. The van der Waals surface area contributed by atoms with Crippen molar-refractivity contribution in [2.75, 3.05) is 11.4 Å². The Bertz CT molecular complexity index is 386. The van der Waals surface area contributed by atoms with E-state index in [1.807, 2.05) is 0 Å². The number of nitrogens with zero attached hydrogens (tertiary/aromatic N) is 1. The Kier molecular flexibility index (Phi) is 1.99. The number of rotatable bonds is 1. The van der Waals surface area contributed by atoms with Crippen molar-refractivity contribution in [2.45, 2.75) is 38.3 Å². The number of anilines is 1. The maximum atomic E-state index is 6.17. The zero-order chi connectivity index (χ0) is 10.4. The second-order valence-electron chi connectivity index (χ2n) is 4.71. The van der Waals surface area contributed by atoms with Crippen LogP contribution in [0, 0.1) is 0 Å². The summed E-state index contributed by atoms with van der Waals surface area (Å²) in [5.41, 5.74) is 10.5. The van der Waals surface area contributed by atoms with E-state index in [4.69, 9.17) is 5.73 Å². The van der Waals surface area contributed by atoms with Crippen LogP contribution in [0.1, 0.15) is 36.9 Å². The predicted octanol–water partition coefficient (Wildman–Crippen LogP) is 2.23. The third kappa shape index (κ3) is 1.21. The predicted molar refractivity (Wildman–Crippen MR) is 63.1 cm³/mol. The van der Waals surface area contributed by atoms with E-state index >= 15 is 0 Å². The van der Waals surface area contributed by atoms with Crippen LogP contribution in [0.3, 0.4) is 0 Å². The normalized spacial score (nSPS) is 28.0. The fourth-order valence-corrected chi connectivity index (χ4v) is 3.06. The third-order valence-corrected chi connectivity index (χ3v) is 3.89. The van der Waals surface area contributed by atoms with Gasteiger partial charge in [0.2, 0.25) is 0 Å². The van der Waals surface area contributed by atoms with Crippen molar-refractivity contribution in [2.24, 2.45) is 5.73 Å². The quantitative estimate of drug-likeness (QED) is 0.756. The zero-order valence-electron chi connectivity index (χ0n) is 9.24. The molecule has 2 atom stereocenters. The molecule has 0 radical (unpaired) electrons. The van der Waals surface area contributed by atoms with Gasteiger partial charge in [-0.25, -0.2) is 0 Å². The van der Waals surface area contributed by atoms with Gasteiger partial charge in [-0.2, -0.15) is 0 Å². The van der Waals surface area contributed by atoms with Crippen LogP contribution in [0.25, 0.3) is 0 Å². The second-order valence-corrected chi connectivity index (χ2v) is 4.71. The van der Waals surface area contributed by atoms with Gasteiger partial charge in [0.05, 0.1) is 0 Å². The molecule has 0 aliphatic carbocycles. The SMILES string of the molecule is CCC1Cc2cccc3c2N1CCC3N. The van der Waals surface area contributed by atoms with Crippen molar-refractivity contribution in [1.29, 1.82) is 0 Å². The van der Waals surface area contributed by atoms with Crippen LogP contribution < -0.4 is 10.6 Å². The largest absolute Gasteiger partial charge is 0.368 e. The van der Waals surface area contributed by atoms with Gasteiger partial charge < -0.3 is 10.6 Å². The summed E-state index contributed by atoms with van der Waals surface area (Å²) in [5.74, 6) is 0. The maximum Gasteiger partial charge on any atom is 0.0450 e. The first kappa shape index (κ1) is 9.22. The first-order valence-corrected chi connectivity index (χ1v) is 5.95. The van der Waals surface area contributed by atoms with Gasteiger partial charge in [0, 0.05) is 24.3 Å². The molecule has 2 heterocycles. The Morgan fingerprint density at radius 1 is 1.47 bits per heavy atom. The molecule has 2 unspecified atom stereocenters. The molecular weight excluding hydrogens is 184 g/mol. The summed E-state index contributed by atoms with van der Waals surface area (Å²) in [6.07, 6.45) is 3.56. The highest BCUT2D eigenvalue weighted by atomic mass is 15.2. The molecule has 0 bridgehead atoms. The fourth-order valence-electron chi connectivity index (χ4n) is 3.06. The molecule has 0 saturated heterocycles. The molecule has 80 valence electrons. The molecular formula is C13H18N2. The average Bonchev–Trinajstić information content (AvgIpc) is 2.63. The van der Waals surface area contributed by atoms with Gasteiger partial charge in [-0.3, -0.25) is 0 Å². The number of hydrogen-bond donors (Lipinski definition) is 1. The highest BCUT2D eigenvalue weighted by Gasteiger charge is 2.34. The van der Waals surface area contributed by atoms with E-state index in [0.717, 1.165) is 13.0 Å². The van der Waals surface area contributed by atoms with Gasteiger partial charge in [-0.1, -0.05) is 25.1 Å². The van der Waals surface area contributed by atoms with Crippen molar-refractivity contribution in [1.82, 2.24) is 0 Å². The molecule has 0 fully saturated rings. The van der Waals surface area contributed by atoms with Gasteiger partial charge >= 0.3 is 0 Å². The minimum Gasteiger partial charge on any atom is -0.368 e. The Hall–Kier alpha value is -1.02. The van der Waals surface area contributed by atoms with Crippen LogP contribution >= 0.6 is 0 Å². The van der Waals surface area contributed by atoms with E-state index in [0.29, 0.717) is 6.04 Å². The van der Waals surface area contributed by atoms with Gasteiger partial charge in [0.15, 0.2) is 0 Å². The minimum absolute atomic E-state index is 0.256. The Morgan fingerprint density at radius 3 is 3.13 bits per heavy atom. The molecule has 2 nitrogen and oxygen atoms in total. The summed E-state index contributed by atoms with van der Waals surface area (Å²) in [6.45, 7) is 3.43. The third-order valence-electron chi connectivity index (χ3n) is 3.89. The molecule has 1 aromatic carbocycles. The Labute approximate surface area is 91.1 Å². The summed E-state index contributed by atoms with van der Waals surface area (Å²) in [6, 6.07) is 7.60. The lowest BCUT2D eigenvalue weighted by atomic mass is 9.96. The molecule has 2 N–H and O–H groups in total. The lowest BCUT2D eigenvalue weighted by Crippen LogP contribution is -2.37. The molecule has 2 aliphatic heterocycles. The second kappa shape index (κ2) is 3.24. The molecule has 3 rings (SSSR count). The molecule has 2 heteroatoms. The first-order chi connectivity index (χ1) is 7.31. The van der Waals surface area contributed by atoms with Gasteiger partial charge in [0.25, 0.3) is 0 Å². The van der Waals surface area contributed by atoms with Crippen LogP contribution in [0.4, 0.5) is 5.69 Å². The van der Waals surface area contributed by atoms with Crippen molar-refractivity contribution in [3.05, 3.63) is 29.3 Å². The summed E-state index contributed by atoms with van der Waals surface area (Å²) in [5, 5.41) is 0. The highest BCUT2D eigenvalue weighted by Crippen LogP contribution is 2.42. The summed E-state index contributed by atoms with van der Waals surface area (Å²) in [4.78, 5) is 2.58. The zero-order valence-corrected chi connectivity index (χ0v) is 9.24. The maximum absolute atomic E-state index is 6.17. The number of benzene rings is 1. The molecule has 0 saturated carbocycles. The van der Waals surface area contributed by atoms with Crippen LogP contribution in [-0.2, 0) is 6.42 Å². The molecule has 0 amide bonds. The number of hydrogen-bond acceptors (Lipinski definition) is 2. The summed E-state index contributed by atoms with van der Waals surface area (Å²) >= 11 is 0. The van der Waals surface area contributed by atoms with E-state index in [9.17, 15) is 0 Å². The summed E-state index contributed by atoms with van der Waals surface area (Å²) < 4.78 is 0. The van der Waals surface area contributed by atoms with Gasteiger partial charge in [0.1, 0.15) is 0 Å². The van der Waals surface area contributed by atoms with Crippen LogP contribution in [0.2, 0.25) is 0 Å². The van der Waals surface area contributed by atoms with Crippen molar-refractivity contribution in [3.63, 3.8) is 0 Å². The number of para-hydroxylation sites is 1. The highest BCUT2D eigenvalue weighted by molar-refractivity contribution is 5.66. The van der Waals surface area contributed by atoms with Gasteiger partial charge in [-0.05, 0) is 30.4 Å². The first-order valence-electron chi connectivity index (χ1n) is 5.95. The van der Waals surface area contributed by atoms with E-state index in [-0.39, 0.29) is 6.04 Å². The number of nitrogens with two attached hydrogens (primary N) is 1. The molecule has 1 aromatic rings. The smallest absolute Gasteiger partial charge is 0.0450 e. The van der Waals surface area contributed by atoms with Crippen LogP contribution in [-0.4, -0.2) is 12.6 Å². The van der Waals surface area contributed by atoms with Crippen molar-refractivity contribution in [3.8, 4) is 0 Å². The monoisotopic (exact) mass is 202 g/mol. The van der Waals surface area contributed by atoms with E-state index in [1.54, 1.807) is 0 Å². The Morgan fingerprint density at radius 2 is 2.33 bits per heavy atom. The van der Waals surface area contributed by atoms with Gasteiger partial charge in [-0.15, -0.1) is 0 Å². The lowest BCUT2D eigenvalue weighted by Gasteiger charge is -2.34. The van der Waals surface area contributed by atoms with Crippen LogP contribution in [0.15, 0.2) is 18.2 Å². The average molecular weight is 202 g/mol. The molecule has 15 heavy (non-hydrogen) atoms. The standard InChI is InChI=1S/C13H18N2/c1-2-10-8-9-4-3-5-11-12(14)6-7-15(10)13(9)11/h3-5,10,12H,2,6-8,14H2,1H3. The fraction of sp³-hybridized carbons (Fsp3) is 0.538. The van der Waals surface area contributed by atoms with Crippen molar-refractivity contribution < 1.29 is 0 Å². The van der Waals surface area contributed by atoms with E-state index in [2.05, 4.69) is 30.0 Å². The molecule has 0 aromatic heterocycles. The van der Waals surface area contributed by atoms with E-state index < -0.39 is 0 Å². The van der Waals surface area contributed by atoms with Crippen LogP contribution in [0.5, 0.6) is 0 Å². The topological polar surface area (TPSA) is 29.3 Å². The molecule has 0 spiro atoms. The lowest BCUT2D eigenvalue weighted by molar-refractivity contribution is 0.538. The van der Waals surface area contributed by atoms with Crippen molar-refractivity contribution >= 4 is 5.69 Å². The Balaban J connectivity index is 2.13. The molecule has 2 aliphatic rings.